The lowest BCUT2D eigenvalue weighted by Crippen LogP contribution is -2.40. The summed E-state index contributed by atoms with van der Waals surface area (Å²) in [5.74, 6) is -0.257. The summed E-state index contributed by atoms with van der Waals surface area (Å²) in [7, 11) is 0. The van der Waals surface area contributed by atoms with Gasteiger partial charge in [0.05, 0.1) is 17.3 Å². The predicted octanol–water partition coefficient (Wildman–Crippen LogP) is 1.39. The van der Waals surface area contributed by atoms with E-state index in [1.807, 2.05) is 25.3 Å². The van der Waals surface area contributed by atoms with Crippen LogP contribution in [0.5, 0.6) is 5.75 Å². The monoisotopic (exact) mass is 324 g/mol. The number of aromatic nitrogens is 5. The first kappa shape index (κ1) is 14.4. The van der Waals surface area contributed by atoms with Gasteiger partial charge in [-0.1, -0.05) is 0 Å². The minimum atomic E-state index is -0.206. The summed E-state index contributed by atoms with van der Waals surface area (Å²) in [5.41, 5.74) is 1.95. The second-order valence-electron chi connectivity index (χ2n) is 5.76. The van der Waals surface area contributed by atoms with Crippen molar-refractivity contribution in [2.24, 2.45) is 0 Å². The lowest BCUT2D eigenvalue weighted by atomic mass is 10.1. The van der Waals surface area contributed by atoms with Crippen LogP contribution >= 0.6 is 0 Å². The fourth-order valence-corrected chi connectivity index (χ4v) is 3.13. The molecule has 8 heteroatoms. The number of amides is 1. The highest BCUT2D eigenvalue weighted by molar-refractivity contribution is 5.97. The number of phenolic OH excluding ortho intramolecular Hbond substituents is 1. The molecule has 0 saturated heterocycles. The number of hydrogen-bond donors (Lipinski definition) is 1. The molecule has 0 saturated carbocycles. The zero-order valence-electron chi connectivity index (χ0n) is 13.1. The van der Waals surface area contributed by atoms with Crippen molar-refractivity contribution in [3.63, 3.8) is 0 Å². The van der Waals surface area contributed by atoms with Gasteiger partial charge < -0.3 is 14.6 Å². The highest BCUT2D eigenvalue weighted by Crippen LogP contribution is 2.29. The fourth-order valence-electron chi connectivity index (χ4n) is 3.13. The van der Waals surface area contributed by atoms with Gasteiger partial charge >= 0.3 is 0 Å². The van der Waals surface area contributed by atoms with Crippen molar-refractivity contribution in [2.45, 2.75) is 19.5 Å². The maximum atomic E-state index is 13.0. The van der Waals surface area contributed by atoms with E-state index in [1.165, 1.54) is 17.1 Å². The summed E-state index contributed by atoms with van der Waals surface area (Å²) in [6.07, 6.45) is 3.46. The smallest absolute Gasteiger partial charge is 0.258 e. The summed E-state index contributed by atoms with van der Waals surface area (Å²) >= 11 is 0. The molecule has 2 aromatic heterocycles. The van der Waals surface area contributed by atoms with Gasteiger partial charge in [-0.05, 0) is 47.7 Å². The molecule has 0 radical (unpaired) electrons. The summed E-state index contributed by atoms with van der Waals surface area (Å²) in [4.78, 5) is 14.8. The van der Waals surface area contributed by atoms with Crippen molar-refractivity contribution < 1.29 is 9.90 Å². The number of rotatable bonds is 2. The molecule has 1 amide bonds. The Bertz CT molecular complexity index is 886. The number of carbonyl (C=O) groups excluding carboxylic acids is 1. The van der Waals surface area contributed by atoms with Gasteiger partial charge in [0.1, 0.15) is 12.1 Å². The third kappa shape index (κ3) is 2.23. The van der Waals surface area contributed by atoms with E-state index in [2.05, 4.69) is 20.1 Å². The molecule has 0 bridgehead atoms. The topological polar surface area (TPSA) is 89.1 Å². The van der Waals surface area contributed by atoms with Gasteiger partial charge in [0.2, 0.25) is 0 Å². The predicted molar refractivity (Wildman–Crippen MR) is 84.7 cm³/mol. The van der Waals surface area contributed by atoms with E-state index in [9.17, 15) is 9.90 Å². The summed E-state index contributed by atoms with van der Waals surface area (Å²) in [6, 6.07) is 8.69. The number of nitrogens with zero attached hydrogens (tertiary/aromatic N) is 6. The van der Waals surface area contributed by atoms with E-state index in [4.69, 9.17) is 0 Å². The maximum Gasteiger partial charge on any atom is 0.258 e. The lowest BCUT2D eigenvalue weighted by molar-refractivity contribution is 0.0641. The SMILES string of the molecule is CC1c2cccn2CCN1C(=O)c1cc(-n2cnnn2)ccc1O. The molecule has 8 nitrogen and oxygen atoms in total. The minimum absolute atomic E-state index is 0.0509. The molecule has 0 spiro atoms. The first-order valence-corrected chi connectivity index (χ1v) is 7.67. The molecule has 3 heterocycles. The summed E-state index contributed by atoms with van der Waals surface area (Å²) in [6.45, 7) is 3.33. The van der Waals surface area contributed by atoms with Crippen LogP contribution in [0.1, 0.15) is 29.0 Å². The first-order valence-electron chi connectivity index (χ1n) is 7.67. The molecule has 0 fully saturated rings. The number of hydrogen-bond acceptors (Lipinski definition) is 5. The van der Waals surface area contributed by atoms with Crippen molar-refractivity contribution in [1.29, 1.82) is 0 Å². The van der Waals surface area contributed by atoms with E-state index in [-0.39, 0.29) is 23.3 Å². The van der Waals surface area contributed by atoms with Crippen LogP contribution in [0, 0.1) is 0 Å². The van der Waals surface area contributed by atoms with E-state index >= 15 is 0 Å². The second kappa shape index (κ2) is 5.48. The molecule has 122 valence electrons. The zero-order chi connectivity index (χ0) is 16.7. The van der Waals surface area contributed by atoms with Crippen LogP contribution in [-0.4, -0.2) is 47.2 Å². The van der Waals surface area contributed by atoms with Gasteiger partial charge in [0.25, 0.3) is 5.91 Å². The standard InChI is InChI=1S/C16H16N6O2/c1-11-14-3-2-6-20(14)7-8-21(11)16(24)13-9-12(4-5-15(13)23)22-10-17-18-19-22/h2-6,9-11,23H,7-8H2,1H3. The second-order valence-corrected chi connectivity index (χ2v) is 5.76. The van der Waals surface area contributed by atoms with Crippen molar-refractivity contribution in [1.82, 2.24) is 29.7 Å². The molecule has 3 aromatic rings. The van der Waals surface area contributed by atoms with Crippen molar-refractivity contribution in [3.8, 4) is 11.4 Å². The largest absolute Gasteiger partial charge is 0.507 e. The first-order chi connectivity index (χ1) is 11.6. The molecule has 1 unspecified atom stereocenters. The van der Waals surface area contributed by atoms with Crippen LogP contribution in [0.15, 0.2) is 42.9 Å². The molecule has 0 aliphatic carbocycles. The third-order valence-electron chi connectivity index (χ3n) is 4.43. The van der Waals surface area contributed by atoms with Crippen LogP contribution in [0.2, 0.25) is 0 Å². The number of carbonyl (C=O) groups is 1. The Morgan fingerprint density at radius 3 is 2.96 bits per heavy atom. The third-order valence-corrected chi connectivity index (χ3v) is 4.43. The Morgan fingerprint density at radius 1 is 1.29 bits per heavy atom. The number of fused-ring (bicyclic) bond motifs is 1. The highest BCUT2D eigenvalue weighted by atomic mass is 16.3. The zero-order valence-corrected chi connectivity index (χ0v) is 13.1. The van der Waals surface area contributed by atoms with Gasteiger partial charge in [-0.3, -0.25) is 4.79 Å². The van der Waals surface area contributed by atoms with Gasteiger partial charge in [0, 0.05) is 25.0 Å². The molecule has 24 heavy (non-hydrogen) atoms. The van der Waals surface area contributed by atoms with E-state index < -0.39 is 0 Å². The number of aromatic hydroxyl groups is 1. The molecule has 1 atom stereocenters. The molecule has 1 N–H and O–H groups in total. The molecule has 1 aliphatic rings. The molecular formula is C16H16N6O2. The molecule has 1 aliphatic heterocycles. The van der Waals surface area contributed by atoms with Crippen molar-refractivity contribution in [2.75, 3.05) is 6.54 Å². The Hall–Kier alpha value is -3.16. The summed E-state index contributed by atoms with van der Waals surface area (Å²) < 4.78 is 3.59. The van der Waals surface area contributed by atoms with Gasteiger partial charge in [0.15, 0.2) is 0 Å². The Kier molecular flexibility index (Phi) is 3.30. The number of tetrazole rings is 1. The summed E-state index contributed by atoms with van der Waals surface area (Å²) in [5, 5.41) is 21.2. The molecular weight excluding hydrogens is 308 g/mol. The molecule has 4 rings (SSSR count). The Morgan fingerprint density at radius 2 is 2.17 bits per heavy atom. The van der Waals surface area contributed by atoms with Gasteiger partial charge in [-0.15, -0.1) is 5.10 Å². The Labute approximate surface area is 137 Å². The van der Waals surface area contributed by atoms with Crippen LogP contribution in [0.25, 0.3) is 5.69 Å². The average molecular weight is 324 g/mol. The fraction of sp³-hybridized carbons (Fsp3) is 0.250. The lowest BCUT2D eigenvalue weighted by Gasteiger charge is -2.35. The molecule has 1 aromatic carbocycles. The normalized spacial score (nSPS) is 16.9. The highest BCUT2D eigenvalue weighted by Gasteiger charge is 2.29. The maximum absolute atomic E-state index is 13.0. The van der Waals surface area contributed by atoms with Crippen LogP contribution in [0.3, 0.4) is 0 Å². The quantitative estimate of drug-likeness (QED) is 0.769. The Balaban J connectivity index is 1.69. The van der Waals surface area contributed by atoms with Gasteiger partial charge in [-0.2, -0.15) is 0 Å². The average Bonchev–Trinajstić information content (AvgIpc) is 3.27. The number of phenols is 1. The van der Waals surface area contributed by atoms with E-state index in [0.29, 0.717) is 12.2 Å². The number of benzene rings is 1. The van der Waals surface area contributed by atoms with Crippen LogP contribution in [0.4, 0.5) is 0 Å². The van der Waals surface area contributed by atoms with Crippen molar-refractivity contribution >= 4 is 5.91 Å². The minimum Gasteiger partial charge on any atom is -0.507 e. The van der Waals surface area contributed by atoms with Gasteiger partial charge in [-0.25, -0.2) is 4.68 Å². The van der Waals surface area contributed by atoms with Crippen LogP contribution < -0.4 is 0 Å². The van der Waals surface area contributed by atoms with Crippen LogP contribution in [-0.2, 0) is 6.54 Å². The van der Waals surface area contributed by atoms with E-state index in [1.54, 1.807) is 17.0 Å². The van der Waals surface area contributed by atoms with Crippen molar-refractivity contribution in [3.05, 3.63) is 54.1 Å². The van der Waals surface area contributed by atoms with E-state index in [0.717, 1.165) is 12.2 Å².